The zero-order chi connectivity index (χ0) is 9.30. The predicted molar refractivity (Wildman–Crippen MR) is 39.7 cm³/mol. The lowest BCUT2D eigenvalue weighted by Gasteiger charge is -2.30. The third-order valence-electron chi connectivity index (χ3n) is 1.84. The number of aliphatic hydroxyl groups excluding tert-OH is 4. The van der Waals surface area contributed by atoms with E-state index in [-0.39, 0.29) is 5.76 Å². The van der Waals surface area contributed by atoms with Gasteiger partial charge in [-0.25, -0.2) is 0 Å². The highest BCUT2D eigenvalue weighted by atomic mass is 16.5. The Kier molecular flexibility index (Phi) is 2.56. The molecule has 0 aromatic rings. The van der Waals surface area contributed by atoms with Gasteiger partial charge in [0.2, 0.25) is 0 Å². The molecule has 0 aromatic carbocycles. The smallest absolute Gasteiger partial charge is 0.164 e. The van der Waals surface area contributed by atoms with Gasteiger partial charge in [0.05, 0.1) is 6.61 Å². The summed E-state index contributed by atoms with van der Waals surface area (Å²) >= 11 is 0. The van der Waals surface area contributed by atoms with Gasteiger partial charge in [0.15, 0.2) is 11.5 Å². The molecular formula is C7H12O5. The van der Waals surface area contributed by atoms with Crippen LogP contribution < -0.4 is 0 Å². The number of hydrogen-bond acceptors (Lipinski definition) is 5. The third-order valence-corrected chi connectivity index (χ3v) is 1.84. The van der Waals surface area contributed by atoms with Crippen molar-refractivity contribution in [1.29, 1.82) is 0 Å². The van der Waals surface area contributed by atoms with E-state index in [1.165, 1.54) is 6.92 Å². The van der Waals surface area contributed by atoms with Gasteiger partial charge in [-0.2, -0.15) is 0 Å². The number of rotatable bonds is 1. The van der Waals surface area contributed by atoms with Crippen molar-refractivity contribution in [2.75, 3.05) is 6.61 Å². The fourth-order valence-corrected chi connectivity index (χ4v) is 1.08. The lowest BCUT2D eigenvalue weighted by Crippen LogP contribution is -2.42. The van der Waals surface area contributed by atoms with Crippen LogP contribution >= 0.6 is 0 Å². The Morgan fingerprint density at radius 3 is 2.42 bits per heavy atom. The molecule has 1 aliphatic heterocycles. The topological polar surface area (TPSA) is 90.2 Å². The van der Waals surface area contributed by atoms with E-state index >= 15 is 0 Å². The van der Waals surface area contributed by atoms with Crippen LogP contribution in [0.3, 0.4) is 0 Å². The van der Waals surface area contributed by atoms with Crippen molar-refractivity contribution in [1.82, 2.24) is 0 Å². The summed E-state index contributed by atoms with van der Waals surface area (Å²) in [6.45, 7) is 1.11. The zero-order valence-electron chi connectivity index (χ0n) is 6.64. The van der Waals surface area contributed by atoms with Crippen molar-refractivity contribution in [3.8, 4) is 0 Å². The molecule has 0 saturated heterocycles. The van der Waals surface area contributed by atoms with Crippen LogP contribution in [0.1, 0.15) is 6.92 Å². The standard InChI is InChI=1S/C7H12O5/c1-3-5(9)7(11)6(10)4(2-8)12-3/h3-4,6,8-11H,2H2,1H3/t3-,4?,6+/m1/s1. The Hall–Kier alpha value is -0.780. The molecule has 0 radical (unpaired) electrons. The van der Waals surface area contributed by atoms with E-state index < -0.39 is 30.7 Å². The first kappa shape index (κ1) is 9.31. The minimum Gasteiger partial charge on any atom is -0.506 e. The third kappa shape index (κ3) is 1.38. The lowest BCUT2D eigenvalue weighted by molar-refractivity contribution is -0.112. The summed E-state index contributed by atoms with van der Waals surface area (Å²) in [7, 11) is 0. The van der Waals surface area contributed by atoms with E-state index in [1.807, 2.05) is 0 Å². The molecule has 0 fully saturated rings. The molecule has 70 valence electrons. The fraction of sp³-hybridized carbons (Fsp3) is 0.714. The Labute approximate surface area is 69.5 Å². The second-order valence-electron chi connectivity index (χ2n) is 2.71. The molecule has 1 rings (SSSR count). The SMILES string of the molecule is C[C@H]1OC(CO)[C@H](O)C(O)=C1O. The van der Waals surface area contributed by atoms with Gasteiger partial charge < -0.3 is 25.2 Å². The summed E-state index contributed by atoms with van der Waals surface area (Å²) in [6, 6.07) is 0. The molecule has 0 amide bonds. The summed E-state index contributed by atoms with van der Waals surface area (Å²) in [5, 5.41) is 36.1. The second kappa shape index (κ2) is 3.30. The first-order valence-electron chi connectivity index (χ1n) is 3.64. The highest BCUT2D eigenvalue weighted by Gasteiger charge is 2.34. The Morgan fingerprint density at radius 2 is 1.92 bits per heavy atom. The quantitative estimate of drug-likeness (QED) is 0.430. The molecule has 5 heteroatoms. The van der Waals surface area contributed by atoms with Gasteiger partial charge in [-0.3, -0.25) is 0 Å². The van der Waals surface area contributed by atoms with Crippen LogP contribution in [-0.2, 0) is 4.74 Å². The van der Waals surface area contributed by atoms with Crippen molar-refractivity contribution in [3.63, 3.8) is 0 Å². The molecule has 0 aromatic heterocycles. The molecule has 12 heavy (non-hydrogen) atoms. The second-order valence-corrected chi connectivity index (χ2v) is 2.71. The van der Waals surface area contributed by atoms with Crippen LogP contribution in [0.25, 0.3) is 0 Å². The van der Waals surface area contributed by atoms with Crippen LogP contribution in [0.15, 0.2) is 11.5 Å². The van der Waals surface area contributed by atoms with Crippen molar-refractivity contribution < 1.29 is 25.2 Å². The van der Waals surface area contributed by atoms with Crippen molar-refractivity contribution in [3.05, 3.63) is 11.5 Å². The van der Waals surface area contributed by atoms with Crippen LogP contribution in [0.4, 0.5) is 0 Å². The highest BCUT2D eigenvalue weighted by Crippen LogP contribution is 2.22. The van der Waals surface area contributed by atoms with Crippen molar-refractivity contribution in [2.45, 2.75) is 25.2 Å². The average molecular weight is 176 g/mol. The zero-order valence-corrected chi connectivity index (χ0v) is 6.64. The summed E-state index contributed by atoms with van der Waals surface area (Å²) in [5.41, 5.74) is 0. The van der Waals surface area contributed by atoms with E-state index in [2.05, 4.69) is 0 Å². The largest absolute Gasteiger partial charge is 0.506 e. The van der Waals surface area contributed by atoms with Crippen molar-refractivity contribution >= 4 is 0 Å². The number of ether oxygens (including phenoxy) is 1. The van der Waals surface area contributed by atoms with Gasteiger partial charge in [-0.15, -0.1) is 0 Å². The number of hydrogen-bond donors (Lipinski definition) is 4. The van der Waals surface area contributed by atoms with Crippen molar-refractivity contribution in [2.24, 2.45) is 0 Å². The van der Waals surface area contributed by atoms with Gasteiger partial charge in [-0.05, 0) is 6.92 Å². The molecule has 5 nitrogen and oxygen atoms in total. The van der Waals surface area contributed by atoms with E-state index in [0.29, 0.717) is 0 Å². The molecule has 0 bridgehead atoms. The maximum absolute atomic E-state index is 9.17. The summed E-state index contributed by atoms with van der Waals surface area (Å²) in [4.78, 5) is 0. The summed E-state index contributed by atoms with van der Waals surface area (Å²) in [5.74, 6) is -0.903. The van der Waals surface area contributed by atoms with Crippen LogP contribution in [0.5, 0.6) is 0 Å². The van der Waals surface area contributed by atoms with Crippen LogP contribution in [0.2, 0.25) is 0 Å². The minimum atomic E-state index is -1.34. The first-order chi connectivity index (χ1) is 5.57. The van der Waals surface area contributed by atoms with Gasteiger partial charge in [0.25, 0.3) is 0 Å². The first-order valence-corrected chi connectivity index (χ1v) is 3.64. The molecule has 4 N–H and O–H groups in total. The highest BCUT2D eigenvalue weighted by molar-refractivity contribution is 5.13. The van der Waals surface area contributed by atoms with E-state index in [4.69, 9.17) is 20.1 Å². The molecule has 1 heterocycles. The molecule has 3 atom stereocenters. The Morgan fingerprint density at radius 1 is 1.33 bits per heavy atom. The average Bonchev–Trinajstić information content (AvgIpc) is 2.08. The molecule has 1 aliphatic rings. The van der Waals surface area contributed by atoms with Crippen LogP contribution in [0, 0.1) is 0 Å². The molecular weight excluding hydrogens is 164 g/mol. The van der Waals surface area contributed by atoms with Gasteiger partial charge in [0, 0.05) is 0 Å². The van der Waals surface area contributed by atoms with E-state index in [0.717, 1.165) is 0 Å². The van der Waals surface area contributed by atoms with Gasteiger partial charge in [0.1, 0.15) is 18.3 Å². The van der Waals surface area contributed by atoms with E-state index in [9.17, 15) is 5.11 Å². The molecule has 0 spiro atoms. The predicted octanol–water partition coefficient (Wildman–Crippen LogP) is -0.545. The summed E-state index contributed by atoms with van der Waals surface area (Å²) < 4.78 is 4.96. The molecule has 0 saturated carbocycles. The Balaban J connectivity index is 2.85. The normalized spacial score (nSPS) is 37.1. The van der Waals surface area contributed by atoms with Gasteiger partial charge >= 0.3 is 0 Å². The monoisotopic (exact) mass is 176 g/mol. The van der Waals surface area contributed by atoms with Gasteiger partial charge in [-0.1, -0.05) is 0 Å². The Bertz CT molecular complexity index is 200. The lowest BCUT2D eigenvalue weighted by atomic mass is 10.1. The maximum atomic E-state index is 9.17. The maximum Gasteiger partial charge on any atom is 0.164 e. The molecule has 0 aliphatic carbocycles. The fourth-order valence-electron chi connectivity index (χ4n) is 1.08. The minimum absolute atomic E-state index is 0.382. The molecule has 1 unspecified atom stereocenters. The number of aliphatic hydroxyl groups is 4. The van der Waals surface area contributed by atoms with E-state index in [1.54, 1.807) is 0 Å². The summed E-state index contributed by atoms with van der Waals surface area (Å²) in [6.07, 6.45) is -2.90. The van der Waals surface area contributed by atoms with Crippen LogP contribution in [-0.4, -0.2) is 45.3 Å².